The summed E-state index contributed by atoms with van der Waals surface area (Å²) in [4.78, 5) is 29.2. The summed E-state index contributed by atoms with van der Waals surface area (Å²) in [6.07, 6.45) is 0. The molecular formula is C14H17NO5. The molecule has 1 aromatic rings. The van der Waals surface area contributed by atoms with Crippen LogP contribution in [0.15, 0.2) is 24.3 Å². The van der Waals surface area contributed by atoms with Crippen LogP contribution >= 0.6 is 0 Å². The number of nitrogens with zero attached hydrogens (tertiary/aromatic N) is 1. The molecule has 1 aliphatic heterocycles. The minimum Gasteiger partial charge on any atom is -0.462 e. The van der Waals surface area contributed by atoms with E-state index in [-0.39, 0.29) is 17.7 Å². The number of esters is 1. The highest BCUT2D eigenvalue weighted by Gasteiger charge is 2.22. The number of carbonyl (C=O) groups excluding carboxylic acids is 2. The Balaban J connectivity index is 2.10. The summed E-state index contributed by atoms with van der Waals surface area (Å²) >= 11 is 0. The molecule has 6 nitrogen and oxygen atoms in total. The molecule has 0 amide bonds. The maximum Gasteiger partial charge on any atom is 0.357 e. The summed E-state index contributed by atoms with van der Waals surface area (Å²) in [5.41, 5.74) is 0.421. The largest absolute Gasteiger partial charge is 0.462 e. The highest BCUT2D eigenvalue weighted by atomic mass is 16.7. The molecule has 0 aromatic heterocycles. The van der Waals surface area contributed by atoms with Crippen molar-refractivity contribution in [2.45, 2.75) is 6.92 Å². The molecule has 0 atom stereocenters. The van der Waals surface area contributed by atoms with Crippen LogP contribution in [0.3, 0.4) is 0 Å². The zero-order chi connectivity index (χ0) is 14.4. The lowest BCUT2D eigenvalue weighted by Gasteiger charge is -2.25. The van der Waals surface area contributed by atoms with Gasteiger partial charge in [0.15, 0.2) is 0 Å². The molecule has 0 spiro atoms. The molecular weight excluding hydrogens is 262 g/mol. The lowest BCUT2D eigenvalue weighted by Crippen LogP contribution is -2.38. The van der Waals surface area contributed by atoms with E-state index >= 15 is 0 Å². The van der Waals surface area contributed by atoms with E-state index in [1.165, 1.54) is 5.06 Å². The fourth-order valence-electron chi connectivity index (χ4n) is 1.85. The first-order valence-corrected chi connectivity index (χ1v) is 6.53. The highest BCUT2D eigenvalue weighted by Crippen LogP contribution is 2.13. The Morgan fingerprint density at radius 3 is 2.35 bits per heavy atom. The van der Waals surface area contributed by atoms with E-state index in [4.69, 9.17) is 14.3 Å². The average molecular weight is 279 g/mol. The highest BCUT2D eigenvalue weighted by molar-refractivity contribution is 6.03. The van der Waals surface area contributed by atoms with E-state index in [1.54, 1.807) is 31.2 Å². The molecule has 1 heterocycles. The van der Waals surface area contributed by atoms with Gasteiger partial charge in [0.1, 0.15) is 0 Å². The second-order valence-electron chi connectivity index (χ2n) is 4.19. The van der Waals surface area contributed by atoms with Crippen LogP contribution in [0, 0.1) is 0 Å². The Kier molecular flexibility index (Phi) is 5.09. The molecule has 108 valence electrons. The number of rotatable bonds is 4. The first-order valence-electron chi connectivity index (χ1n) is 6.53. The number of ether oxygens (including phenoxy) is 2. The van der Waals surface area contributed by atoms with Crippen LogP contribution < -0.4 is 0 Å². The molecule has 0 radical (unpaired) electrons. The molecule has 0 saturated carbocycles. The lowest BCUT2D eigenvalue weighted by molar-refractivity contribution is -0.150. The fraction of sp³-hybridized carbons (Fsp3) is 0.429. The van der Waals surface area contributed by atoms with Gasteiger partial charge in [-0.05, 0) is 19.1 Å². The summed E-state index contributed by atoms with van der Waals surface area (Å²) in [6.45, 7) is 4.05. The summed E-state index contributed by atoms with van der Waals surface area (Å²) in [6, 6.07) is 6.46. The van der Waals surface area contributed by atoms with Crippen LogP contribution in [0.2, 0.25) is 0 Å². The second-order valence-corrected chi connectivity index (χ2v) is 4.19. The number of carbonyl (C=O) groups is 2. The van der Waals surface area contributed by atoms with Crippen molar-refractivity contribution in [2.24, 2.45) is 0 Å². The SMILES string of the molecule is CCOC(=O)c1ccccc1C(=O)ON1CCOCC1. The third kappa shape index (κ3) is 3.55. The van der Waals surface area contributed by atoms with Gasteiger partial charge in [0, 0.05) is 0 Å². The fourth-order valence-corrected chi connectivity index (χ4v) is 1.85. The Labute approximate surface area is 117 Å². The first-order chi connectivity index (χ1) is 9.72. The number of hydrogen-bond donors (Lipinski definition) is 0. The molecule has 1 aromatic carbocycles. The smallest absolute Gasteiger partial charge is 0.357 e. The molecule has 1 saturated heterocycles. The average Bonchev–Trinajstić information content (AvgIpc) is 2.48. The molecule has 0 bridgehead atoms. The van der Waals surface area contributed by atoms with Crippen LogP contribution in [0.4, 0.5) is 0 Å². The normalized spacial score (nSPS) is 15.7. The molecule has 2 rings (SSSR count). The predicted molar refractivity (Wildman–Crippen MR) is 70.2 cm³/mol. The Bertz CT molecular complexity index is 482. The summed E-state index contributed by atoms with van der Waals surface area (Å²) in [5, 5.41) is 1.54. The summed E-state index contributed by atoms with van der Waals surface area (Å²) in [5.74, 6) is -1.09. The minimum atomic E-state index is -0.560. The monoisotopic (exact) mass is 279 g/mol. The second kappa shape index (κ2) is 7.02. The van der Waals surface area contributed by atoms with Gasteiger partial charge in [-0.15, -0.1) is 5.06 Å². The summed E-state index contributed by atoms with van der Waals surface area (Å²) in [7, 11) is 0. The van der Waals surface area contributed by atoms with Gasteiger partial charge in [-0.1, -0.05) is 12.1 Å². The van der Waals surface area contributed by atoms with Crippen molar-refractivity contribution in [3.8, 4) is 0 Å². The summed E-state index contributed by atoms with van der Waals surface area (Å²) < 4.78 is 10.1. The Hall–Kier alpha value is -1.92. The van der Waals surface area contributed by atoms with Crippen molar-refractivity contribution in [1.29, 1.82) is 0 Å². The van der Waals surface area contributed by atoms with E-state index < -0.39 is 11.9 Å². The number of benzene rings is 1. The van der Waals surface area contributed by atoms with Gasteiger partial charge in [-0.25, -0.2) is 9.59 Å². The van der Waals surface area contributed by atoms with Crippen LogP contribution in [-0.2, 0) is 14.3 Å². The minimum absolute atomic E-state index is 0.206. The van der Waals surface area contributed by atoms with Crippen LogP contribution in [0.1, 0.15) is 27.6 Å². The molecule has 1 aliphatic rings. The van der Waals surface area contributed by atoms with E-state index in [2.05, 4.69) is 0 Å². The van der Waals surface area contributed by atoms with E-state index in [9.17, 15) is 9.59 Å². The molecule has 0 unspecified atom stereocenters. The lowest BCUT2D eigenvalue weighted by atomic mass is 10.1. The van der Waals surface area contributed by atoms with Crippen molar-refractivity contribution < 1.29 is 23.9 Å². The number of hydrogen-bond acceptors (Lipinski definition) is 6. The third-order valence-corrected chi connectivity index (χ3v) is 2.82. The van der Waals surface area contributed by atoms with E-state index in [0.29, 0.717) is 26.3 Å². The van der Waals surface area contributed by atoms with Gasteiger partial charge < -0.3 is 14.3 Å². The maximum absolute atomic E-state index is 12.1. The van der Waals surface area contributed by atoms with Crippen molar-refractivity contribution >= 4 is 11.9 Å². The van der Waals surface area contributed by atoms with Crippen LogP contribution in [-0.4, -0.2) is 49.9 Å². The molecule has 0 aliphatic carbocycles. The molecule has 1 fully saturated rings. The topological polar surface area (TPSA) is 65.1 Å². The number of morpholine rings is 1. The predicted octanol–water partition coefficient (Wildman–Crippen LogP) is 1.27. The standard InChI is InChI=1S/C14H17NO5/c1-2-19-13(16)11-5-3-4-6-12(11)14(17)20-15-7-9-18-10-8-15/h3-6H,2,7-10H2,1H3. The first kappa shape index (κ1) is 14.5. The van der Waals surface area contributed by atoms with Gasteiger partial charge in [0.25, 0.3) is 0 Å². The van der Waals surface area contributed by atoms with Gasteiger partial charge in [0.2, 0.25) is 0 Å². The van der Waals surface area contributed by atoms with Crippen molar-refractivity contribution in [3.05, 3.63) is 35.4 Å². The van der Waals surface area contributed by atoms with Crippen LogP contribution in [0.5, 0.6) is 0 Å². The van der Waals surface area contributed by atoms with Crippen molar-refractivity contribution in [3.63, 3.8) is 0 Å². The zero-order valence-corrected chi connectivity index (χ0v) is 11.3. The van der Waals surface area contributed by atoms with Gasteiger partial charge in [-0.2, -0.15) is 0 Å². The quantitative estimate of drug-likeness (QED) is 0.773. The van der Waals surface area contributed by atoms with Gasteiger partial charge in [0.05, 0.1) is 44.0 Å². The molecule has 20 heavy (non-hydrogen) atoms. The molecule has 6 heteroatoms. The van der Waals surface area contributed by atoms with E-state index in [0.717, 1.165) is 0 Å². The van der Waals surface area contributed by atoms with Crippen LogP contribution in [0.25, 0.3) is 0 Å². The Morgan fingerprint density at radius 1 is 1.15 bits per heavy atom. The van der Waals surface area contributed by atoms with E-state index in [1.807, 2.05) is 0 Å². The van der Waals surface area contributed by atoms with Gasteiger partial charge >= 0.3 is 11.9 Å². The van der Waals surface area contributed by atoms with Crippen molar-refractivity contribution in [1.82, 2.24) is 5.06 Å². The zero-order valence-electron chi connectivity index (χ0n) is 11.3. The third-order valence-electron chi connectivity index (χ3n) is 2.82. The maximum atomic E-state index is 12.1. The Morgan fingerprint density at radius 2 is 1.75 bits per heavy atom. The van der Waals surface area contributed by atoms with Crippen molar-refractivity contribution in [2.75, 3.05) is 32.9 Å². The molecule has 0 N–H and O–H groups in total. The van der Waals surface area contributed by atoms with Gasteiger partial charge in [-0.3, -0.25) is 0 Å². The number of hydroxylamine groups is 2.